The summed E-state index contributed by atoms with van der Waals surface area (Å²) in [7, 11) is 0. The predicted octanol–water partition coefficient (Wildman–Crippen LogP) is 11.2. The molecule has 0 bridgehead atoms. The number of aromatic nitrogens is 5. The van der Waals surface area contributed by atoms with E-state index in [1.165, 1.54) is 40.9 Å². The fourth-order valence-corrected chi connectivity index (χ4v) is 7.04. The molecule has 1 aliphatic rings. The third-order valence-corrected chi connectivity index (χ3v) is 9.11. The fraction of sp³-hybridized carbons (Fsp3) is 0.0930. The van der Waals surface area contributed by atoms with Gasteiger partial charge in [-0.15, -0.1) is 6.58 Å². The summed E-state index contributed by atoms with van der Waals surface area (Å²) in [6.45, 7) is 7.54. The summed E-state index contributed by atoms with van der Waals surface area (Å²) < 4.78 is 32.8. The monoisotopic (exact) mass is 657 g/mol. The van der Waals surface area contributed by atoms with E-state index in [4.69, 9.17) is 15.0 Å². The topological polar surface area (TPSA) is 48.5 Å². The molecule has 0 N–H and O–H groups in total. The van der Waals surface area contributed by atoms with Crippen molar-refractivity contribution in [2.45, 2.75) is 26.2 Å². The Morgan fingerprint density at radius 3 is 2.18 bits per heavy atom. The van der Waals surface area contributed by atoms with Gasteiger partial charge >= 0.3 is 0 Å². The van der Waals surface area contributed by atoms with E-state index < -0.39 is 0 Å². The van der Waals surface area contributed by atoms with E-state index in [1.807, 2.05) is 19.1 Å². The van der Waals surface area contributed by atoms with Crippen molar-refractivity contribution in [2.24, 2.45) is 0 Å². The van der Waals surface area contributed by atoms with Gasteiger partial charge in [0.15, 0.2) is 11.6 Å². The van der Waals surface area contributed by atoms with E-state index in [2.05, 4.69) is 89.4 Å². The van der Waals surface area contributed by atoms with Gasteiger partial charge < -0.3 is 4.57 Å². The molecule has 9 rings (SSSR count). The zero-order valence-corrected chi connectivity index (χ0v) is 27.7. The number of halogens is 2. The van der Waals surface area contributed by atoms with Crippen molar-refractivity contribution >= 4 is 38.8 Å². The van der Waals surface area contributed by atoms with Crippen molar-refractivity contribution in [1.29, 1.82) is 0 Å². The predicted molar refractivity (Wildman–Crippen MR) is 200 cm³/mol. The smallest absolute Gasteiger partial charge is 0.238 e. The first-order valence-corrected chi connectivity index (χ1v) is 16.6. The van der Waals surface area contributed by atoms with Crippen LogP contribution in [0, 0.1) is 11.6 Å². The molecule has 5 aromatic carbocycles. The quantitative estimate of drug-likeness (QED) is 0.177. The van der Waals surface area contributed by atoms with E-state index in [1.54, 1.807) is 30.3 Å². The third-order valence-electron chi connectivity index (χ3n) is 9.11. The first kappa shape index (κ1) is 31.1. The summed E-state index contributed by atoms with van der Waals surface area (Å²) in [6, 6.07) is 35.4. The van der Waals surface area contributed by atoms with Crippen LogP contribution in [0.2, 0.25) is 0 Å². The summed E-state index contributed by atoms with van der Waals surface area (Å²) in [4.78, 5) is 14.7. The standard InChI is InChI=1S/C40H27F2N5.C3H6/c1-24-9-7-15-30-31-21-22-34-35(37(31)46(36(24)30)29-12-3-2-4-13-29)32-14-5-6-16-33(32)47(34)40-44-38(25-17-19-27(41)20-18-25)43-39(45-40)26-10-8-11-28(42)23-26;1-3-2/h2-8,10-24H,9H2,1H3;3H,1H2,2H3. The number of allylic oxidation sites excluding steroid dienone is 2. The van der Waals surface area contributed by atoms with Crippen molar-refractivity contribution in [1.82, 2.24) is 24.1 Å². The Labute approximate surface area is 288 Å². The minimum absolute atomic E-state index is 0.322. The highest BCUT2D eigenvalue weighted by Gasteiger charge is 2.27. The Morgan fingerprint density at radius 2 is 1.42 bits per heavy atom. The molecule has 0 radical (unpaired) electrons. The van der Waals surface area contributed by atoms with Gasteiger partial charge in [-0.25, -0.2) is 13.8 Å². The normalized spacial score (nSPS) is 13.7. The second-order valence-electron chi connectivity index (χ2n) is 12.4. The number of hydrogen-bond donors (Lipinski definition) is 0. The lowest BCUT2D eigenvalue weighted by atomic mass is 9.93. The average molecular weight is 658 g/mol. The van der Waals surface area contributed by atoms with Gasteiger partial charge in [-0.2, -0.15) is 9.97 Å². The van der Waals surface area contributed by atoms with Crippen LogP contribution in [0.5, 0.6) is 0 Å². The number of rotatable bonds is 4. The molecule has 244 valence electrons. The molecule has 0 spiro atoms. The molecule has 3 aromatic heterocycles. The van der Waals surface area contributed by atoms with Crippen LogP contribution in [0.25, 0.3) is 73.2 Å². The van der Waals surface area contributed by atoms with Gasteiger partial charge in [0.25, 0.3) is 0 Å². The van der Waals surface area contributed by atoms with Gasteiger partial charge in [0.05, 0.1) is 16.6 Å². The molecule has 0 saturated carbocycles. The van der Waals surface area contributed by atoms with Gasteiger partial charge in [-0.05, 0) is 74.0 Å². The van der Waals surface area contributed by atoms with Gasteiger partial charge in [0.2, 0.25) is 5.95 Å². The lowest BCUT2D eigenvalue weighted by Crippen LogP contribution is -2.07. The molecule has 8 aromatic rings. The highest BCUT2D eigenvalue weighted by Crippen LogP contribution is 2.44. The molecule has 1 atom stereocenters. The van der Waals surface area contributed by atoms with Gasteiger partial charge in [0, 0.05) is 50.1 Å². The maximum atomic E-state index is 14.4. The summed E-state index contributed by atoms with van der Waals surface area (Å²) in [6.07, 6.45) is 7.25. The van der Waals surface area contributed by atoms with E-state index in [9.17, 15) is 8.78 Å². The Kier molecular flexibility index (Phi) is 7.88. The van der Waals surface area contributed by atoms with E-state index in [-0.39, 0.29) is 11.6 Å². The first-order valence-electron chi connectivity index (χ1n) is 16.6. The SMILES string of the molecule is C=CC.CC1CC=Cc2c1n(-c1ccccc1)c1c2ccc2c1c1ccccc1n2-c1nc(-c2ccc(F)cc2)nc(-c2cccc(F)c2)n1. The molecule has 5 nitrogen and oxygen atoms in total. The Hall–Kier alpha value is -6.21. The van der Waals surface area contributed by atoms with Crippen LogP contribution in [0.1, 0.15) is 37.4 Å². The Bertz CT molecular complexity index is 2580. The number of para-hydroxylation sites is 2. The van der Waals surface area contributed by atoms with Crippen LogP contribution in [-0.2, 0) is 0 Å². The molecule has 3 heterocycles. The number of hydrogen-bond acceptors (Lipinski definition) is 3. The molecule has 0 fully saturated rings. The summed E-state index contributed by atoms with van der Waals surface area (Å²) in [5, 5.41) is 3.34. The molecular weight excluding hydrogens is 625 g/mol. The fourth-order valence-electron chi connectivity index (χ4n) is 7.04. The lowest BCUT2D eigenvalue weighted by Gasteiger charge is -2.19. The second kappa shape index (κ2) is 12.7. The van der Waals surface area contributed by atoms with Crippen molar-refractivity contribution in [3.05, 3.63) is 157 Å². The summed E-state index contributed by atoms with van der Waals surface area (Å²) in [5.74, 6) is 0.668. The molecule has 50 heavy (non-hydrogen) atoms. The molecule has 1 unspecified atom stereocenters. The second-order valence-corrected chi connectivity index (χ2v) is 12.4. The van der Waals surface area contributed by atoms with Crippen molar-refractivity contribution in [3.8, 4) is 34.4 Å². The van der Waals surface area contributed by atoms with E-state index in [0.29, 0.717) is 34.6 Å². The number of fused-ring (bicyclic) bond motifs is 7. The van der Waals surface area contributed by atoms with Crippen LogP contribution in [0.15, 0.2) is 134 Å². The van der Waals surface area contributed by atoms with Crippen molar-refractivity contribution in [3.63, 3.8) is 0 Å². The average Bonchev–Trinajstić information content (AvgIpc) is 3.66. The Balaban J connectivity index is 0.00000116. The summed E-state index contributed by atoms with van der Waals surface area (Å²) >= 11 is 0. The van der Waals surface area contributed by atoms with E-state index >= 15 is 0 Å². The van der Waals surface area contributed by atoms with Crippen molar-refractivity contribution in [2.75, 3.05) is 0 Å². The van der Waals surface area contributed by atoms with Crippen LogP contribution in [0.3, 0.4) is 0 Å². The third kappa shape index (κ3) is 5.19. The minimum atomic E-state index is -0.388. The zero-order chi connectivity index (χ0) is 34.4. The zero-order valence-electron chi connectivity index (χ0n) is 27.7. The molecule has 0 amide bonds. The lowest BCUT2D eigenvalue weighted by molar-refractivity contribution is 0.627. The molecule has 0 aliphatic heterocycles. The van der Waals surface area contributed by atoms with Gasteiger partial charge in [0.1, 0.15) is 11.6 Å². The first-order chi connectivity index (χ1) is 24.5. The molecule has 1 aliphatic carbocycles. The largest absolute Gasteiger partial charge is 0.312 e. The van der Waals surface area contributed by atoms with Gasteiger partial charge in [-0.1, -0.05) is 79.7 Å². The van der Waals surface area contributed by atoms with E-state index in [0.717, 1.165) is 39.4 Å². The number of benzene rings is 5. The summed E-state index contributed by atoms with van der Waals surface area (Å²) in [5.41, 5.74) is 7.79. The maximum absolute atomic E-state index is 14.4. The van der Waals surface area contributed by atoms with Crippen LogP contribution < -0.4 is 0 Å². The van der Waals surface area contributed by atoms with Crippen LogP contribution in [-0.4, -0.2) is 24.1 Å². The maximum Gasteiger partial charge on any atom is 0.238 e. The molecule has 7 heteroatoms. The molecule has 0 saturated heterocycles. The highest BCUT2D eigenvalue weighted by atomic mass is 19.1. The van der Waals surface area contributed by atoms with Crippen LogP contribution in [0.4, 0.5) is 8.78 Å². The Morgan fingerprint density at radius 1 is 0.700 bits per heavy atom. The highest BCUT2D eigenvalue weighted by molar-refractivity contribution is 6.22. The molecular formula is C43H33F2N5. The van der Waals surface area contributed by atoms with Gasteiger partial charge in [-0.3, -0.25) is 4.57 Å². The van der Waals surface area contributed by atoms with Crippen LogP contribution >= 0.6 is 0 Å². The van der Waals surface area contributed by atoms with Crippen molar-refractivity contribution < 1.29 is 8.78 Å². The minimum Gasteiger partial charge on any atom is -0.312 e. The number of nitrogens with zero attached hydrogens (tertiary/aromatic N) is 5.